The standard InChI is InChI=1S/C23H31FN6O4/c24-14-19(31)17(8-4-12-27-23(25)26)29-22(34)18-9-5-13-30(18)21(33)15-28-20(32)11-10-16-6-2-1-3-7-16/h1-3,6-7,10-11,17-18H,4-5,8-9,12-15H2,(H,28,32)(H,29,34)(H4,25,26,27)/b11-10+/t17-,18-/m0/s1. The largest absolute Gasteiger partial charge is 0.370 e. The lowest BCUT2D eigenvalue weighted by Crippen LogP contribution is -2.52. The number of nitrogens with one attached hydrogen (secondary N) is 4. The maximum absolute atomic E-state index is 13.0. The molecule has 0 unspecified atom stereocenters. The minimum Gasteiger partial charge on any atom is -0.370 e. The second-order valence-electron chi connectivity index (χ2n) is 7.85. The summed E-state index contributed by atoms with van der Waals surface area (Å²) in [6.45, 7) is -0.850. The fourth-order valence-corrected chi connectivity index (χ4v) is 3.60. The van der Waals surface area contributed by atoms with Gasteiger partial charge in [0.1, 0.15) is 12.7 Å². The van der Waals surface area contributed by atoms with Gasteiger partial charge in [-0.2, -0.15) is 0 Å². The van der Waals surface area contributed by atoms with Crippen molar-refractivity contribution in [3.05, 3.63) is 42.0 Å². The third-order valence-corrected chi connectivity index (χ3v) is 5.34. The fourth-order valence-electron chi connectivity index (χ4n) is 3.60. The number of amides is 3. The van der Waals surface area contributed by atoms with Gasteiger partial charge in [-0.25, -0.2) is 4.39 Å². The van der Waals surface area contributed by atoms with E-state index in [0.717, 1.165) is 5.56 Å². The molecule has 34 heavy (non-hydrogen) atoms. The predicted molar refractivity (Wildman–Crippen MR) is 125 cm³/mol. The SMILES string of the molecule is N=C(N)NCCC[C@H](NC(=O)[C@@H]1CCCN1C(=O)CNC(=O)/C=C/c1ccccc1)C(=O)CF. The number of hydrogen-bond acceptors (Lipinski definition) is 5. The number of alkyl halides is 1. The molecule has 2 atom stereocenters. The summed E-state index contributed by atoms with van der Waals surface area (Å²) in [5.41, 5.74) is 6.04. The summed E-state index contributed by atoms with van der Waals surface area (Å²) in [7, 11) is 0. The number of nitrogens with zero attached hydrogens (tertiary/aromatic N) is 1. The molecular weight excluding hydrogens is 443 g/mol. The van der Waals surface area contributed by atoms with Gasteiger partial charge in [0.2, 0.25) is 17.7 Å². The zero-order valence-corrected chi connectivity index (χ0v) is 18.9. The van der Waals surface area contributed by atoms with Crippen molar-refractivity contribution in [1.82, 2.24) is 20.9 Å². The van der Waals surface area contributed by atoms with Gasteiger partial charge in [0, 0.05) is 19.2 Å². The number of carbonyl (C=O) groups excluding carboxylic acids is 4. The first kappa shape index (κ1) is 26.5. The molecule has 1 aliphatic rings. The lowest BCUT2D eigenvalue weighted by molar-refractivity contribution is -0.139. The Balaban J connectivity index is 1.87. The highest BCUT2D eigenvalue weighted by atomic mass is 19.1. The Bertz CT molecular complexity index is 908. The van der Waals surface area contributed by atoms with Crippen molar-refractivity contribution in [3.8, 4) is 0 Å². The highest BCUT2D eigenvalue weighted by molar-refractivity contribution is 5.96. The van der Waals surface area contributed by atoms with Gasteiger partial charge in [-0.1, -0.05) is 30.3 Å². The second kappa shape index (κ2) is 13.7. The van der Waals surface area contributed by atoms with Crippen LogP contribution in [0.4, 0.5) is 4.39 Å². The third-order valence-electron chi connectivity index (χ3n) is 5.34. The molecular formula is C23H31FN6O4. The molecule has 1 aliphatic heterocycles. The van der Waals surface area contributed by atoms with Gasteiger partial charge < -0.3 is 26.6 Å². The van der Waals surface area contributed by atoms with Crippen LogP contribution in [-0.4, -0.2) is 72.8 Å². The number of Topliss-reactive ketones (excluding diaryl/α,β-unsaturated/α-hetero) is 1. The summed E-state index contributed by atoms with van der Waals surface area (Å²) in [4.78, 5) is 50.7. The van der Waals surface area contributed by atoms with Crippen molar-refractivity contribution in [2.24, 2.45) is 5.73 Å². The van der Waals surface area contributed by atoms with Crippen LogP contribution < -0.4 is 21.7 Å². The Morgan fingerprint density at radius 3 is 2.62 bits per heavy atom. The van der Waals surface area contributed by atoms with Crippen LogP contribution in [0, 0.1) is 5.41 Å². The molecule has 2 rings (SSSR count). The number of guanidine groups is 1. The molecule has 0 radical (unpaired) electrons. The molecule has 0 saturated carbocycles. The molecule has 10 nitrogen and oxygen atoms in total. The van der Waals surface area contributed by atoms with Crippen LogP contribution in [0.25, 0.3) is 6.08 Å². The highest BCUT2D eigenvalue weighted by Crippen LogP contribution is 2.18. The molecule has 1 aromatic rings. The molecule has 0 spiro atoms. The number of rotatable bonds is 12. The molecule has 0 bridgehead atoms. The minimum atomic E-state index is -1.22. The van der Waals surface area contributed by atoms with Crippen LogP contribution in [0.2, 0.25) is 0 Å². The van der Waals surface area contributed by atoms with Gasteiger partial charge >= 0.3 is 0 Å². The zero-order valence-electron chi connectivity index (χ0n) is 18.9. The zero-order chi connectivity index (χ0) is 24.9. The first-order valence-corrected chi connectivity index (χ1v) is 11.1. The Kier molecular flexibility index (Phi) is 10.7. The average molecular weight is 475 g/mol. The van der Waals surface area contributed by atoms with Crippen LogP contribution in [-0.2, 0) is 19.2 Å². The summed E-state index contributed by atoms with van der Waals surface area (Å²) < 4.78 is 13.0. The molecule has 0 aromatic heterocycles. The quantitative estimate of drug-likeness (QED) is 0.125. The topological polar surface area (TPSA) is 157 Å². The van der Waals surface area contributed by atoms with Crippen molar-refractivity contribution < 1.29 is 23.6 Å². The summed E-state index contributed by atoms with van der Waals surface area (Å²) in [6, 6.07) is 7.39. The van der Waals surface area contributed by atoms with Crippen molar-refractivity contribution in [2.45, 2.75) is 37.8 Å². The number of carbonyl (C=O) groups is 4. The van der Waals surface area contributed by atoms with Crippen molar-refractivity contribution >= 4 is 35.5 Å². The second-order valence-corrected chi connectivity index (χ2v) is 7.85. The molecule has 1 fully saturated rings. The van der Waals surface area contributed by atoms with Crippen molar-refractivity contribution in [2.75, 3.05) is 26.3 Å². The highest BCUT2D eigenvalue weighted by Gasteiger charge is 2.35. The number of nitrogens with two attached hydrogens (primary N) is 1. The number of benzene rings is 1. The van der Waals surface area contributed by atoms with Crippen LogP contribution in [0.3, 0.4) is 0 Å². The lowest BCUT2D eigenvalue weighted by Gasteiger charge is -2.26. The molecule has 1 saturated heterocycles. The van der Waals surface area contributed by atoms with Gasteiger partial charge in [-0.15, -0.1) is 0 Å². The van der Waals surface area contributed by atoms with E-state index in [1.54, 1.807) is 6.08 Å². The van der Waals surface area contributed by atoms with E-state index in [4.69, 9.17) is 11.1 Å². The smallest absolute Gasteiger partial charge is 0.244 e. The molecule has 1 aromatic carbocycles. The van der Waals surface area contributed by atoms with E-state index in [2.05, 4.69) is 16.0 Å². The fraction of sp³-hybridized carbons (Fsp3) is 0.435. The minimum absolute atomic E-state index is 0.166. The molecule has 1 heterocycles. The van der Waals surface area contributed by atoms with Crippen LogP contribution >= 0.6 is 0 Å². The predicted octanol–water partition coefficient (Wildman–Crippen LogP) is 0.0937. The summed E-state index contributed by atoms with van der Waals surface area (Å²) in [5.74, 6) is -2.37. The van der Waals surface area contributed by atoms with Crippen LogP contribution in [0.5, 0.6) is 0 Å². The van der Waals surface area contributed by atoms with Gasteiger partial charge in [-0.3, -0.25) is 24.6 Å². The number of halogens is 1. The van der Waals surface area contributed by atoms with E-state index >= 15 is 0 Å². The Hall–Kier alpha value is -3.76. The van der Waals surface area contributed by atoms with E-state index in [9.17, 15) is 23.6 Å². The summed E-state index contributed by atoms with van der Waals surface area (Å²) in [6.07, 6.45) is 4.49. The maximum atomic E-state index is 13.0. The van der Waals surface area contributed by atoms with Crippen LogP contribution in [0.1, 0.15) is 31.2 Å². The average Bonchev–Trinajstić information content (AvgIpc) is 3.33. The molecule has 184 valence electrons. The molecule has 11 heteroatoms. The van der Waals surface area contributed by atoms with Gasteiger partial charge in [-0.05, 0) is 37.3 Å². The summed E-state index contributed by atoms with van der Waals surface area (Å²) >= 11 is 0. The van der Waals surface area contributed by atoms with Crippen LogP contribution in [0.15, 0.2) is 36.4 Å². The molecule has 3 amide bonds. The van der Waals surface area contributed by atoms with Gasteiger partial charge in [0.15, 0.2) is 11.7 Å². The van der Waals surface area contributed by atoms with Crippen molar-refractivity contribution in [3.63, 3.8) is 0 Å². The Labute approximate surface area is 197 Å². The monoisotopic (exact) mass is 474 g/mol. The number of ketones is 1. The number of hydrogen-bond donors (Lipinski definition) is 5. The molecule has 6 N–H and O–H groups in total. The van der Waals surface area contributed by atoms with E-state index in [-0.39, 0.29) is 18.9 Å². The summed E-state index contributed by atoms with van der Waals surface area (Å²) in [5, 5.41) is 14.8. The lowest BCUT2D eigenvalue weighted by atomic mass is 10.1. The normalized spacial score (nSPS) is 16.1. The maximum Gasteiger partial charge on any atom is 0.244 e. The first-order valence-electron chi connectivity index (χ1n) is 11.1. The van der Waals surface area contributed by atoms with Gasteiger partial charge in [0.25, 0.3) is 0 Å². The van der Waals surface area contributed by atoms with E-state index < -0.39 is 42.3 Å². The van der Waals surface area contributed by atoms with Gasteiger partial charge in [0.05, 0.1) is 12.6 Å². The molecule has 0 aliphatic carbocycles. The van der Waals surface area contributed by atoms with E-state index in [1.807, 2.05) is 30.3 Å². The first-order chi connectivity index (χ1) is 16.3. The van der Waals surface area contributed by atoms with E-state index in [0.29, 0.717) is 32.4 Å². The Morgan fingerprint density at radius 2 is 1.94 bits per heavy atom. The van der Waals surface area contributed by atoms with E-state index in [1.165, 1.54) is 11.0 Å². The third kappa shape index (κ3) is 8.64. The Morgan fingerprint density at radius 1 is 1.21 bits per heavy atom. The van der Waals surface area contributed by atoms with Crippen molar-refractivity contribution in [1.29, 1.82) is 5.41 Å². The number of likely N-dealkylation sites (tertiary alicyclic amines) is 1.